The van der Waals surface area contributed by atoms with Crippen molar-refractivity contribution in [1.29, 1.82) is 0 Å². The number of thiophene rings is 1. The van der Waals surface area contributed by atoms with E-state index in [9.17, 15) is 9.59 Å². The summed E-state index contributed by atoms with van der Waals surface area (Å²) in [6.07, 6.45) is 0. The molecule has 5 rings (SSSR count). The largest absolute Gasteiger partial charge is 0.383 e. The lowest BCUT2D eigenvalue weighted by atomic mass is 9.81. The number of benzene rings is 2. The van der Waals surface area contributed by atoms with E-state index in [0.717, 1.165) is 23.5 Å². The Balaban J connectivity index is 1.46. The maximum Gasteiger partial charge on any atom is 0.254 e. The zero-order chi connectivity index (χ0) is 25.2. The molecule has 0 N–H and O–H groups in total. The third-order valence-corrected chi connectivity index (χ3v) is 8.32. The number of anilines is 1. The summed E-state index contributed by atoms with van der Waals surface area (Å²) in [5.41, 5.74) is 5.20. The van der Waals surface area contributed by atoms with Gasteiger partial charge in [-0.25, -0.2) is 0 Å². The van der Waals surface area contributed by atoms with Gasteiger partial charge in [0.15, 0.2) is 0 Å². The van der Waals surface area contributed by atoms with E-state index in [1.807, 2.05) is 51.6 Å². The van der Waals surface area contributed by atoms with Gasteiger partial charge in [0.1, 0.15) is 0 Å². The van der Waals surface area contributed by atoms with E-state index >= 15 is 0 Å². The Morgan fingerprint density at radius 3 is 2.53 bits per heavy atom. The van der Waals surface area contributed by atoms with Crippen molar-refractivity contribution in [2.75, 3.05) is 51.3 Å². The van der Waals surface area contributed by atoms with Crippen molar-refractivity contribution >= 4 is 28.8 Å². The van der Waals surface area contributed by atoms with Crippen LogP contribution < -0.4 is 4.90 Å². The molecule has 7 heteroatoms. The first-order valence-electron chi connectivity index (χ1n) is 12.5. The fourth-order valence-corrected chi connectivity index (χ4v) is 6.37. The standard InChI is InChI=1S/C29H33N3O3S/c1-20-10-11-21(2)24(19-20)30-12-14-31(15-13-30)29(34)26-22-7-4-5-8-23(22)28(33)32(16-17-35-3)27(26)25-9-6-18-36-25/h4-11,18-19,26-27H,12-17H2,1-3H3/t26-,27+/m0/s1. The molecule has 2 atom stereocenters. The van der Waals surface area contributed by atoms with E-state index in [1.54, 1.807) is 18.4 Å². The molecule has 2 aliphatic heterocycles. The quantitative estimate of drug-likeness (QED) is 0.492. The van der Waals surface area contributed by atoms with Gasteiger partial charge in [-0.1, -0.05) is 36.4 Å². The molecule has 6 nitrogen and oxygen atoms in total. The fourth-order valence-electron chi connectivity index (χ4n) is 5.49. The molecular formula is C29H33N3O3S. The van der Waals surface area contributed by atoms with Crippen LogP contribution in [0.25, 0.3) is 0 Å². The zero-order valence-corrected chi connectivity index (χ0v) is 22.0. The number of hydrogen-bond acceptors (Lipinski definition) is 5. The van der Waals surface area contributed by atoms with Crippen LogP contribution in [-0.4, -0.2) is 68.1 Å². The van der Waals surface area contributed by atoms with Crippen molar-refractivity contribution in [1.82, 2.24) is 9.80 Å². The van der Waals surface area contributed by atoms with Crippen LogP contribution >= 0.6 is 11.3 Å². The molecule has 36 heavy (non-hydrogen) atoms. The number of ether oxygens (including phenoxy) is 1. The second-order valence-corrected chi connectivity index (χ2v) is 10.6. The summed E-state index contributed by atoms with van der Waals surface area (Å²) in [5.74, 6) is -0.386. The molecule has 0 saturated carbocycles. The Morgan fingerprint density at radius 2 is 1.81 bits per heavy atom. The van der Waals surface area contributed by atoms with Crippen LogP contribution in [0.15, 0.2) is 60.0 Å². The summed E-state index contributed by atoms with van der Waals surface area (Å²) < 4.78 is 5.34. The Labute approximate surface area is 217 Å². The van der Waals surface area contributed by atoms with Gasteiger partial charge in [-0.3, -0.25) is 9.59 Å². The Bertz CT molecular complexity index is 1230. The summed E-state index contributed by atoms with van der Waals surface area (Å²) in [4.78, 5) is 35.1. The molecule has 1 fully saturated rings. The van der Waals surface area contributed by atoms with Gasteiger partial charge in [0, 0.05) is 56.0 Å². The molecular weight excluding hydrogens is 470 g/mol. The van der Waals surface area contributed by atoms with Gasteiger partial charge >= 0.3 is 0 Å². The van der Waals surface area contributed by atoms with Gasteiger partial charge in [0.05, 0.1) is 18.6 Å². The minimum absolute atomic E-state index is 0.0372. The number of fused-ring (bicyclic) bond motifs is 1. The zero-order valence-electron chi connectivity index (χ0n) is 21.1. The summed E-state index contributed by atoms with van der Waals surface area (Å²) in [5, 5.41) is 2.01. The summed E-state index contributed by atoms with van der Waals surface area (Å²) in [6, 6.07) is 17.8. The molecule has 0 bridgehead atoms. The van der Waals surface area contributed by atoms with Crippen LogP contribution in [-0.2, 0) is 9.53 Å². The molecule has 0 aliphatic carbocycles. The SMILES string of the molecule is COCCN1C(=O)c2ccccc2[C@H](C(=O)N2CCN(c3cc(C)ccc3C)CC2)[C@H]1c1cccs1. The van der Waals surface area contributed by atoms with Crippen LogP contribution in [0.4, 0.5) is 5.69 Å². The van der Waals surface area contributed by atoms with Crippen molar-refractivity contribution < 1.29 is 14.3 Å². The van der Waals surface area contributed by atoms with E-state index < -0.39 is 5.92 Å². The van der Waals surface area contributed by atoms with Gasteiger partial charge < -0.3 is 19.4 Å². The summed E-state index contributed by atoms with van der Waals surface area (Å²) >= 11 is 1.60. The van der Waals surface area contributed by atoms with Crippen LogP contribution in [0.2, 0.25) is 0 Å². The predicted molar refractivity (Wildman–Crippen MR) is 144 cm³/mol. The maximum atomic E-state index is 14.3. The lowest BCUT2D eigenvalue weighted by Crippen LogP contribution is -2.53. The smallest absolute Gasteiger partial charge is 0.254 e. The van der Waals surface area contributed by atoms with E-state index in [2.05, 4.69) is 36.9 Å². The molecule has 2 aliphatic rings. The first-order chi connectivity index (χ1) is 17.5. The van der Waals surface area contributed by atoms with Gasteiger partial charge in [-0.15, -0.1) is 11.3 Å². The predicted octanol–water partition coefficient (Wildman–Crippen LogP) is 4.64. The maximum absolute atomic E-state index is 14.3. The number of carbonyl (C=O) groups is 2. The van der Waals surface area contributed by atoms with E-state index in [-0.39, 0.29) is 17.9 Å². The Morgan fingerprint density at radius 1 is 1.03 bits per heavy atom. The molecule has 1 aromatic heterocycles. The van der Waals surface area contributed by atoms with Gasteiger partial charge in [-0.2, -0.15) is 0 Å². The normalized spacial score (nSPS) is 20.0. The number of amides is 2. The van der Waals surface area contributed by atoms with Crippen LogP contribution in [0.1, 0.15) is 43.9 Å². The van der Waals surface area contributed by atoms with Gasteiger partial charge in [-0.05, 0) is 54.1 Å². The van der Waals surface area contributed by atoms with Crippen molar-refractivity contribution in [3.05, 3.63) is 87.1 Å². The highest BCUT2D eigenvalue weighted by Gasteiger charge is 2.46. The molecule has 188 valence electrons. The number of piperazine rings is 1. The monoisotopic (exact) mass is 503 g/mol. The number of methoxy groups -OCH3 is 1. The lowest BCUT2D eigenvalue weighted by Gasteiger charge is -2.44. The molecule has 0 unspecified atom stereocenters. The van der Waals surface area contributed by atoms with Gasteiger partial charge in [0.25, 0.3) is 5.91 Å². The van der Waals surface area contributed by atoms with Crippen LogP contribution in [0.5, 0.6) is 0 Å². The Hall–Kier alpha value is -3.16. The third kappa shape index (κ3) is 4.53. The number of rotatable bonds is 6. The molecule has 2 amide bonds. The topological polar surface area (TPSA) is 53.1 Å². The minimum Gasteiger partial charge on any atom is -0.383 e. The van der Waals surface area contributed by atoms with Crippen molar-refractivity contribution in [2.45, 2.75) is 25.8 Å². The highest BCUT2D eigenvalue weighted by molar-refractivity contribution is 7.10. The van der Waals surface area contributed by atoms with Crippen molar-refractivity contribution in [2.24, 2.45) is 0 Å². The first-order valence-corrected chi connectivity index (χ1v) is 13.4. The average Bonchev–Trinajstić information content (AvgIpc) is 3.44. The first kappa shape index (κ1) is 24.5. The number of carbonyl (C=O) groups excluding carboxylic acids is 2. The highest BCUT2D eigenvalue weighted by atomic mass is 32.1. The minimum atomic E-state index is -0.443. The van der Waals surface area contributed by atoms with E-state index in [4.69, 9.17) is 4.74 Å². The highest BCUT2D eigenvalue weighted by Crippen LogP contribution is 2.45. The summed E-state index contributed by atoms with van der Waals surface area (Å²) in [7, 11) is 1.64. The van der Waals surface area contributed by atoms with Crippen LogP contribution in [0.3, 0.4) is 0 Å². The van der Waals surface area contributed by atoms with Crippen molar-refractivity contribution in [3.8, 4) is 0 Å². The fraction of sp³-hybridized carbons (Fsp3) is 0.379. The molecule has 2 aromatic carbocycles. The second kappa shape index (κ2) is 10.4. The van der Waals surface area contributed by atoms with Gasteiger partial charge in [0.2, 0.25) is 5.91 Å². The van der Waals surface area contributed by atoms with Crippen LogP contribution in [0, 0.1) is 13.8 Å². The number of aryl methyl sites for hydroxylation is 2. The number of nitrogens with zero attached hydrogens (tertiary/aromatic N) is 3. The molecule has 3 heterocycles. The second-order valence-electron chi connectivity index (χ2n) is 9.62. The molecule has 0 spiro atoms. The van der Waals surface area contributed by atoms with E-state index in [0.29, 0.717) is 31.8 Å². The third-order valence-electron chi connectivity index (χ3n) is 7.37. The number of hydrogen-bond donors (Lipinski definition) is 0. The summed E-state index contributed by atoms with van der Waals surface area (Å²) in [6.45, 7) is 8.03. The molecule has 0 radical (unpaired) electrons. The molecule has 3 aromatic rings. The van der Waals surface area contributed by atoms with E-state index in [1.165, 1.54) is 16.8 Å². The lowest BCUT2D eigenvalue weighted by molar-refractivity contribution is -0.135. The molecule has 1 saturated heterocycles. The average molecular weight is 504 g/mol. The van der Waals surface area contributed by atoms with Crippen molar-refractivity contribution in [3.63, 3.8) is 0 Å². The Kier molecular flexibility index (Phi) is 7.12.